The van der Waals surface area contributed by atoms with Crippen LogP contribution >= 0.6 is 39.1 Å². The summed E-state index contributed by atoms with van der Waals surface area (Å²) >= 11 is 15.4. The molecule has 0 aliphatic heterocycles. The van der Waals surface area contributed by atoms with Crippen LogP contribution in [0.15, 0.2) is 82.2 Å². The number of anilines is 1. The van der Waals surface area contributed by atoms with Crippen LogP contribution in [0.4, 0.5) is 5.69 Å². The molecule has 0 heterocycles. The molecule has 30 heavy (non-hydrogen) atoms. The average Bonchev–Trinajstić information content (AvgIpc) is 2.69. The fraction of sp³-hybridized carbons (Fsp3) is 0.0952. The summed E-state index contributed by atoms with van der Waals surface area (Å²) in [5, 5.41) is 3.55. The van der Waals surface area contributed by atoms with Crippen molar-refractivity contribution >= 4 is 60.7 Å². The van der Waals surface area contributed by atoms with E-state index in [0.717, 1.165) is 8.78 Å². The van der Waals surface area contributed by atoms with Gasteiger partial charge in [-0.3, -0.25) is 4.79 Å². The fourth-order valence-corrected chi connectivity index (χ4v) is 4.82. The Morgan fingerprint density at radius 1 is 0.967 bits per heavy atom. The van der Waals surface area contributed by atoms with Gasteiger partial charge in [0.05, 0.1) is 11.4 Å². The summed E-state index contributed by atoms with van der Waals surface area (Å²) in [6, 6.07) is 19.7. The fourth-order valence-electron chi connectivity index (χ4n) is 2.73. The van der Waals surface area contributed by atoms with Crippen molar-refractivity contribution < 1.29 is 13.2 Å². The molecule has 0 aromatic heterocycles. The van der Waals surface area contributed by atoms with Crippen molar-refractivity contribution in [1.29, 1.82) is 0 Å². The van der Waals surface area contributed by atoms with E-state index in [1.54, 1.807) is 42.5 Å². The van der Waals surface area contributed by atoms with Crippen LogP contribution in [0.25, 0.3) is 0 Å². The topological polar surface area (TPSA) is 66.5 Å². The molecule has 0 aliphatic carbocycles. The van der Waals surface area contributed by atoms with Gasteiger partial charge in [0, 0.05) is 26.8 Å². The number of rotatable bonds is 7. The number of nitrogens with one attached hydrogen (secondary N) is 1. The van der Waals surface area contributed by atoms with Crippen molar-refractivity contribution in [2.75, 3.05) is 11.9 Å². The summed E-state index contributed by atoms with van der Waals surface area (Å²) in [7, 11) is -3.98. The number of halogens is 3. The summed E-state index contributed by atoms with van der Waals surface area (Å²) in [5.41, 5.74) is 1.14. The largest absolute Gasteiger partial charge is 0.325 e. The summed E-state index contributed by atoms with van der Waals surface area (Å²) in [6.07, 6.45) is 0. The number of sulfonamides is 1. The Labute approximate surface area is 193 Å². The van der Waals surface area contributed by atoms with Crippen LogP contribution < -0.4 is 5.32 Å². The van der Waals surface area contributed by atoms with E-state index in [1.165, 1.54) is 24.3 Å². The molecule has 9 heteroatoms. The lowest BCUT2D eigenvalue weighted by Gasteiger charge is -2.22. The van der Waals surface area contributed by atoms with Crippen molar-refractivity contribution in [3.8, 4) is 0 Å². The van der Waals surface area contributed by atoms with E-state index in [4.69, 9.17) is 23.2 Å². The highest BCUT2D eigenvalue weighted by Crippen LogP contribution is 2.24. The number of benzene rings is 3. The van der Waals surface area contributed by atoms with E-state index in [2.05, 4.69) is 21.2 Å². The molecule has 0 saturated heterocycles. The number of hydrogen-bond acceptors (Lipinski definition) is 3. The second-order valence-corrected chi connectivity index (χ2v) is 10.1. The molecule has 0 saturated carbocycles. The van der Waals surface area contributed by atoms with Crippen LogP contribution in [0, 0.1) is 0 Å². The van der Waals surface area contributed by atoms with Gasteiger partial charge >= 0.3 is 0 Å². The van der Waals surface area contributed by atoms with Gasteiger partial charge in [-0.25, -0.2) is 8.42 Å². The lowest BCUT2D eigenvalue weighted by molar-refractivity contribution is -0.116. The Kier molecular flexibility index (Phi) is 7.55. The zero-order valence-corrected chi connectivity index (χ0v) is 19.5. The maximum atomic E-state index is 13.3. The van der Waals surface area contributed by atoms with Gasteiger partial charge in [-0.2, -0.15) is 4.31 Å². The SMILES string of the molecule is O=C(CN(Cc1ccccc1Cl)S(=O)(=O)c1ccc(Cl)cc1)Nc1cccc(Br)c1. The number of nitrogens with zero attached hydrogens (tertiary/aromatic N) is 1. The van der Waals surface area contributed by atoms with Gasteiger partial charge < -0.3 is 5.32 Å². The van der Waals surface area contributed by atoms with Crippen LogP contribution in [0.5, 0.6) is 0 Å². The van der Waals surface area contributed by atoms with E-state index >= 15 is 0 Å². The minimum absolute atomic E-state index is 0.0363. The van der Waals surface area contributed by atoms with E-state index < -0.39 is 15.9 Å². The van der Waals surface area contributed by atoms with Gasteiger partial charge in [0.25, 0.3) is 0 Å². The second-order valence-electron chi connectivity index (χ2n) is 6.38. The van der Waals surface area contributed by atoms with Crippen molar-refractivity contribution in [3.05, 3.63) is 92.9 Å². The molecule has 5 nitrogen and oxygen atoms in total. The predicted octanol–water partition coefficient (Wildman–Crippen LogP) is 5.59. The second kappa shape index (κ2) is 9.94. The minimum Gasteiger partial charge on any atom is -0.325 e. The Bertz CT molecular complexity index is 1150. The first-order chi connectivity index (χ1) is 14.3. The van der Waals surface area contributed by atoms with Crippen molar-refractivity contribution in [1.82, 2.24) is 4.31 Å². The van der Waals surface area contributed by atoms with Crippen LogP contribution in [0.1, 0.15) is 5.56 Å². The lowest BCUT2D eigenvalue weighted by Crippen LogP contribution is -2.37. The molecule has 3 rings (SSSR count). The van der Waals surface area contributed by atoms with Gasteiger partial charge in [0.2, 0.25) is 15.9 Å². The quantitative estimate of drug-likeness (QED) is 0.435. The molecule has 0 spiro atoms. The zero-order chi connectivity index (χ0) is 21.7. The van der Waals surface area contributed by atoms with E-state index in [1.807, 2.05) is 6.07 Å². The molecule has 156 valence electrons. The lowest BCUT2D eigenvalue weighted by atomic mass is 10.2. The Hall–Kier alpha value is -1.90. The van der Waals surface area contributed by atoms with E-state index in [9.17, 15) is 13.2 Å². The maximum absolute atomic E-state index is 13.3. The van der Waals surface area contributed by atoms with Crippen molar-refractivity contribution in [2.24, 2.45) is 0 Å². The van der Waals surface area contributed by atoms with E-state index in [0.29, 0.717) is 21.3 Å². The molecule has 1 amide bonds. The third-order valence-corrected chi connectivity index (χ3v) is 7.10. The number of carbonyl (C=O) groups excluding carboxylic acids is 1. The van der Waals surface area contributed by atoms with Crippen LogP contribution in [0.3, 0.4) is 0 Å². The molecule has 0 atom stereocenters. The van der Waals surface area contributed by atoms with E-state index in [-0.39, 0.29) is 18.0 Å². The highest BCUT2D eigenvalue weighted by atomic mass is 79.9. The molecule has 1 N–H and O–H groups in total. The highest BCUT2D eigenvalue weighted by Gasteiger charge is 2.27. The predicted molar refractivity (Wildman–Crippen MR) is 123 cm³/mol. The zero-order valence-electron chi connectivity index (χ0n) is 15.6. The van der Waals surface area contributed by atoms with Crippen LogP contribution in [-0.4, -0.2) is 25.2 Å². The minimum atomic E-state index is -3.98. The molecule has 3 aromatic carbocycles. The maximum Gasteiger partial charge on any atom is 0.243 e. The Morgan fingerprint density at radius 2 is 1.67 bits per heavy atom. The molecular formula is C21H17BrCl2N2O3S. The number of hydrogen-bond donors (Lipinski definition) is 1. The molecule has 0 radical (unpaired) electrons. The number of carbonyl (C=O) groups is 1. The average molecular weight is 528 g/mol. The summed E-state index contributed by atoms with van der Waals surface area (Å²) in [5.74, 6) is -0.474. The third kappa shape index (κ3) is 5.83. The van der Waals surface area contributed by atoms with Gasteiger partial charge in [0.15, 0.2) is 0 Å². The van der Waals surface area contributed by atoms with Gasteiger partial charge in [-0.15, -0.1) is 0 Å². The summed E-state index contributed by atoms with van der Waals surface area (Å²) in [6.45, 7) is -0.445. The molecule has 0 unspecified atom stereocenters. The molecule has 0 fully saturated rings. The van der Waals surface area contributed by atoms with Crippen molar-refractivity contribution in [2.45, 2.75) is 11.4 Å². The molecule has 0 aliphatic rings. The van der Waals surface area contributed by atoms with Gasteiger partial charge in [-0.1, -0.05) is 63.4 Å². The molecule has 0 bridgehead atoms. The molecular weight excluding hydrogens is 511 g/mol. The number of amides is 1. The monoisotopic (exact) mass is 526 g/mol. The highest BCUT2D eigenvalue weighted by molar-refractivity contribution is 9.10. The summed E-state index contributed by atoms with van der Waals surface area (Å²) in [4.78, 5) is 12.7. The van der Waals surface area contributed by atoms with Crippen LogP contribution in [-0.2, 0) is 21.4 Å². The third-order valence-electron chi connectivity index (χ3n) is 4.18. The Morgan fingerprint density at radius 3 is 2.33 bits per heavy atom. The summed E-state index contributed by atoms with van der Waals surface area (Å²) < 4.78 is 28.4. The van der Waals surface area contributed by atoms with Crippen LogP contribution in [0.2, 0.25) is 10.0 Å². The molecule has 3 aromatic rings. The first kappa shape index (κ1) is 22.8. The standard InChI is InChI=1S/C21H17BrCl2N2O3S/c22-16-5-3-6-18(12-16)25-21(27)14-26(13-15-4-1-2-7-20(15)24)30(28,29)19-10-8-17(23)9-11-19/h1-12H,13-14H2,(H,25,27). The smallest absolute Gasteiger partial charge is 0.243 e. The normalized spacial score (nSPS) is 11.5. The first-order valence-electron chi connectivity index (χ1n) is 8.80. The van der Waals surface area contributed by atoms with Crippen molar-refractivity contribution in [3.63, 3.8) is 0 Å². The first-order valence-corrected chi connectivity index (χ1v) is 11.8. The van der Waals surface area contributed by atoms with Gasteiger partial charge in [-0.05, 0) is 54.1 Å². The Balaban J connectivity index is 1.89. The van der Waals surface area contributed by atoms with Gasteiger partial charge in [0.1, 0.15) is 0 Å².